The zero-order chi connectivity index (χ0) is 18.8. The number of hydrazone groups is 1. The van der Waals surface area contributed by atoms with Gasteiger partial charge >= 0.3 is 5.97 Å². The number of esters is 1. The maximum absolute atomic E-state index is 11.7. The van der Waals surface area contributed by atoms with Gasteiger partial charge in [0.25, 0.3) is 5.91 Å². The Balaban J connectivity index is 1.77. The number of ether oxygens (including phenoxy) is 3. The zero-order valence-corrected chi connectivity index (χ0v) is 14.6. The van der Waals surface area contributed by atoms with Gasteiger partial charge in [0.2, 0.25) is 0 Å². The first-order valence-electron chi connectivity index (χ1n) is 7.98. The molecule has 7 heteroatoms. The van der Waals surface area contributed by atoms with Crippen molar-refractivity contribution in [3.05, 3.63) is 59.7 Å². The van der Waals surface area contributed by atoms with E-state index in [-0.39, 0.29) is 6.61 Å². The van der Waals surface area contributed by atoms with Crippen LogP contribution in [0.1, 0.15) is 22.8 Å². The third-order valence-electron chi connectivity index (χ3n) is 3.25. The van der Waals surface area contributed by atoms with Gasteiger partial charge < -0.3 is 14.2 Å². The summed E-state index contributed by atoms with van der Waals surface area (Å²) in [5.74, 6) is 0.412. The summed E-state index contributed by atoms with van der Waals surface area (Å²) in [6.07, 6.45) is 1.52. The van der Waals surface area contributed by atoms with E-state index in [0.717, 1.165) is 11.3 Å². The molecule has 0 spiro atoms. The summed E-state index contributed by atoms with van der Waals surface area (Å²) in [6, 6.07) is 13.6. The van der Waals surface area contributed by atoms with Gasteiger partial charge in [-0.15, -0.1) is 0 Å². The Morgan fingerprint density at radius 3 is 2.31 bits per heavy atom. The number of carbonyl (C=O) groups excluding carboxylic acids is 2. The van der Waals surface area contributed by atoms with E-state index >= 15 is 0 Å². The van der Waals surface area contributed by atoms with Crippen molar-refractivity contribution in [3.8, 4) is 11.5 Å². The normalized spacial score (nSPS) is 10.4. The van der Waals surface area contributed by atoms with Crippen molar-refractivity contribution in [2.24, 2.45) is 5.10 Å². The second kappa shape index (κ2) is 9.83. The molecule has 7 nitrogen and oxygen atoms in total. The van der Waals surface area contributed by atoms with E-state index < -0.39 is 11.9 Å². The molecule has 0 aliphatic rings. The van der Waals surface area contributed by atoms with Crippen LogP contribution in [-0.4, -0.2) is 38.4 Å². The molecule has 136 valence electrons. The Morgan fingerprint density at radius 2 is 1.69 bits per heavy atom. The summed E-state index contributed by atoms with van der Waals surface area (Å²) in [7, 11) is 1.59. The number of nitrogens with one attached hydrogen (secondary N) is 1. The van der Waals surface area contributed by atoms with E-state index in [1.165, 1.54) is 6.21 Å². The van der Waals surface area contributed by atoms with Crippen LogP contribution in [0.4, 0.5) is 0 Å². The van der Waals surface area contributed by atoms with Crippen molar-refractivity contribution >= 4 is 18.1 Å². The number of hydrogen-bond donors (Lipinski definition) is 1. The van der Waals surface area contributed by atoms with Gasteiger partial charge in [-0.25, -0.2) is 10.2 Å². The van der Waals surface area contributed by atoms with Gasteiger partial charge in [0, 0.05) is 0 Å². The third-order valence-corrected chi connectivity index (χ3v) is 3.25. The molecule has 1 amide bonds. The maximum Gasteiger partial charge on any atom is 0.338 e. The molecule has 0 bridgehead atoms. The van der Waals surface area contributed by atoms with Crippen molar-refractivity contribution in [2.75, 3.05) is 20.3 Å². The highest BCUT2D eigenvalue weighted by Crippen LogP contribution is 2.13. The van der Waals surface area contributed by atoms with Gasteiger partial charge in [0.1, 0.15) is 11.5 Å². The lowest BCUT2D eigenvalue weighted by atomic mass is 10.2. The van der Waals surface area contributed by atoms with E-state index in [0.29, 0.717) is 17.9 Å². The summed E-state index contributed by atoms with van der Waals surface area (Å²) in [6.45, 7) is 1.86. The van der Waals surface area contributed by atoms with Crippen LogP contribution < -0.4 is 14.9 Å². The smallest absolute Gasteiger partial charge is 0.338 e. The van der Waals surface area contributed by atoms with Crippen LogP contribution in [0.3, 0.4) is 0 Å². The third kappa shape index (κ3) is 5.94. The average Bonchev–Trinajstić information content (AvgIpc) is 2.67. The molecule has 2 aromatic rings. The van der Waals surface area contributed by atoms with Crippen LogP contribution in [0.2, 0.25) is 0 Å². The molecular formula is C19H20N2O5. The number of rotatable bonds is 8. The fourth-order valence-electron chi connectivity index (χ4n) is 1.95. The minimum Gasteiger partial charge on any atom is -0.497 e. The molecule has 0 aliphatic carbocycles. The fraction of sp³-hybridized carbons (Fsp3) is 0.211. The minimum atomic E-state index is -0.399. The predicted molar refractivity (Wildman–Crippen MR) is 96.6 cm³/mol. The topological polar surface area (TPSA) is 86.2 Å². The molecule has 2 rings (SSSR count). The summed E-state index contributed by atoms with van der Waals surface area (Å²) < 4.78 is 15.3. The second-order valence-electron chi connectivity index (χ2n) is 5.10. The number of methoxy groups -OCH3 is 1. The summed E-state index contributed by atoms with van der Waals surface area (Å²) >= 11 is 0. The van der Waals surface area contributed by atoms with Crippen LogP contribution >= 0.6 is 0 Å². The van der Waals surface area contributed by atoms with E-state index in [1.807, 2.05) is 12.1 Å². The molecule has 0 atom stereocenters. The molecule has 0 heterocycles. The van der Waals surface area contributed by atoms with Gasteiger partial charge in [-0.3, -0.25) is 4.79 Å². The number of carbonyl (C=O) groups is 2. The average molecular weight is 356 g/mol. The molecule has 0 saturated heterocycles. The van der Waals surface area contributed by atoms with Crippen molar-refractivity contribution in [1.29, 1.82) is 0 Å². The highest BCUT2D eigenvalue weighted by Gasteiger charge is 2.07. The van der Waals surface area contributed by atoms with Crippen LogP contribution in [-0.2, 0) is 9.53 Å². The van der Waals surface area contributed by atoms with E-state index in [2.05, 4.69) is 10.5 Å². The predicted octanol–water partition coefficient (Wildman–Crippen LogP) is 2.40. The Kier molecular flexibility index (Phi) is 7.17. The number of nitrogens with zero attached hydrogens (tertiary/aromatic N) is 1. The van der Waals surface area contributed by atoms with Gasteiger partial charge in [-0.2, -0.15) is 5.10 Å². The standard InChI is InChI=1S/C19H20N2O5/c1-3-25-19(23)15-6-10-17(11-7-15)26-13-18(22)21-20-12-14-4-8-16(24-2)9-5-14/h4-12H,3,13H2,1-2H3,(H,21,22)/b20-12+. The largest absolute Gasteiger partial charge is 0.497 e. The fourth-order valence-corrected chi connectivity index (χ4v) is 1.95. The number of benzene rings is 2. The van der Waals surface area contributed by atoms with Gasteiger partial charge in [-0.1, -0.05) is 0 Å². The van der Waals surface area contributed by atoms with Crippen LogP contribution in [0, 0.1) is 0 Å². The van der Waals surface area contributed by atoms with Crippen molar-refractivity contribution in [2.45, 2.75) is 6.92 Å². The van der Waals surface area contributed by atoms with Crippen molar-refractivity contribution in [1.82, 2.24) is 5.43 Å². The molecule has 2 aromatic carbocycles. The van der Waals surface area contributed by atoms with Gasteiger partial charge in [-0.05, 0) is 61.0 Å². The molecule has 0 aliphatic heterocycles. The van der Waals surface area contributed by atoms with Crippen molar-refractivity contribution in [3.63, 3.8) is 0 Å². The lowest BCUT2D eigenvalue weighted by Gasteiger charge is -2.06. The SMILES string of the molecule is CCOC(=O)c1ccc(OCC(=O)N/N=C/c2ccc(OC)cc2)cc1. The first-order valence-corrected chi connectivity index (χ1v) is 7.98. The minimum absolute atomic E-state index is 0.196. The van der Waals surface area contributed by atoms with Crippen LogP contribution in [0.25, 0.3) is 0 Å². The summed E-state index contributed by atoms with van der Waals surface area (Å²) in [5.41, 5.74) is 3.62. The monoisotopic (exact) mass is 356 g/mol. The molecule has 0 aromatic heterocycles. The Labute approximate surface area is 151 Å². The molecule has 26 heavy (non-hydrogen) atoms. The van der Waals surface area contributed by atoms with Gasteiger partial charge in [0.15, 0.2) is 6.61 Å². The first kappa shape index (κ1) is 19.0. The van der Waals surface area contributed by atoms with Gasteiger partial charge in [0.05, 0.1) is 25.5 Å². The lowest BCUT2D eigenvalue weighted by molar-refractivity contribution is -0.123. The van der Waals surface area contributed by atoms with E-state index in [1.54, 1.807) is 50.4 Å². The second-order valence-corrected chi connectivity index (χ2v) is 5.10. The maximum atomic E-state index is 11.7. The van der Waals surface area contributed by atoms with Crippen LogP contribution in [0.5, 0.6) is 11.5 Å². The highest BCUT2D eigenvalue weighted by atomic mass is 16.5. The molecule has 0 radical (unpaired) electrons. The molecule has 1 N–H and O–H groups in total. The zero-order valence-electron chi connectivity index (χ0n) is 14.6. The molecule has 0 unspecified atom stereocenters. The van der Waals surface area contributed by atoms with Crippen molar-refractivity contribution < 1.29 is 23.8 Å². The van der Waals surface area contributed by atoms with E-state index in [4.69, 9.17) is 14.2 Å². The Morgan fingerprint density at radius 1 is 1.04 bits per heavy atom. The quantitative estimate of drug-likeness (QED) is 0.446. The molecule has 0 saturated carbocycles. The lowest BCUT2D eigenvalue weighted by Crippen LogP contribution is -2.24. The number of amides is 1. The summed E-state index contributed by atoms with van der Waals surface area (Å²) in [4.78, 5) is 23.3. The molecular weight excluding hydrogens is 336 g/mol. The Hall–Kier alpha value is -3.35. The highest BCUT2D eigenvalue weighted by molar-refractivity contribution is 5.89. The summed E-state index contributed by atoms with van der Waals surface area (Å²) in [5, 5.41) is 3.86. The Bertz CT molecular complexity index is 755. The first-order chi connectivity index (χ1) is 12.6. The van der Waals surface area contributed by atoms with E-state index in [9.17, 15) is 9.59 Å². The molecule has 0 fully saturated rings. The number of hydrogen-bond acceptors (Lipinski definition) is 6. The van der Waals surface area contributed by atoms with Crippen LogP contribution in [0.15, 0.2) is 53.6 Å².